The van der Waals surface area contributed by atoms with Gasteiger partial charge in [0.2, 0.25) is 0 Å². The maximum absolute atomic E-state index is 12.9. The van der Waals surface area contributed by atoms with Crippen molar-refractivity contribution in [2.24, 2.45) is 0 Å². The van der Waals surface area contributed by atoms with Gasteiger partial charge < -0.3 is 4.90 Å². The molecule has 1 fully saturated rings. The van der Waals surface area contributed by atoms with Gasteiger partial charge in [-0.3, -0.25) is 4.79 Å². The third-order valence-corrected chi connectivity index (χ3v) is 7.25. The van der Waals surface area contributed by atoms with Crippen molar-refractivity contribution < 1.29 is 13.2 Å². The van der Waals surface area contributed by atoms with E-state index in [1.165, 1.54) is 16.9 Å². The van der Waals surface area contributed by atoms with Crippen molar-refractivity contribution in [2.75, 3.05) is 11.5 Å². The summed E-state index contributed by atoms with van der Waals surface area (Å²) in [6, 6.07) is 11.6. The molecule has 1 atom stereocenters. The van der Waals surface area contributed by atoms with E-state index in [0.717, 1.165) is 5.56 Å². The molecule has 1 aromatic heterocycles. The lowest BCUT2D eigenvalue weighted by Gasteiger charge is -2.28. The van der Waals surface area contributed by atoms with E-state index >= 15 is 0 Å². The average molecular weight is 378 g/mol. The molecule has 0 bridgehead atoms. The number of sulfone groups is 1. The highest BCUT2D eigenvalue weighted by Gasteiger charge is 2.35. The average Bonchev–Trinajstić information content (AvgIpc) is 3.22. The highest BCUT2D eigenvalue weighted by Crippen LogP contribution is 2.24. The molecule has 25 heavy (non-hydrogen) atoms. The number of benzene rings is 1. The zero-order chi connectivity index (χ0) is 18.0. The molecule has 1 aliphatic heterocycles. The number of carbonyl (C=O) groups is 1. The lowest BCUT2D eigenvalue weighted by atomic mass is 10.0. The quantitative estimate of drug-likeness (QED) is 0.798. The number of carbonyl (C=O) groups excluding carboxylic acids is 1. The van der Waals surface area contributed by atoms with Gasteiger partial charge in [0.1, 0.15) is 0 Å². The molecule has 2 aromatic rings. The summed E-state index contributed by atoms with van der Waals surface area (Å²) in [5, 5.41) is 1.87. The van der Waals surface area contributed by atoms with Gasteiger partial charge in [-0.15, -0.1) is 11.3 Å². The van der Waals surface area contributed by atoms with E-state index in [4.69, 9.17) is 0 Å². The second-order valence-electron chi connectivity index (χ2n) is 6.86. The monoisotopic (exact) mass is 377 g/mol. The van der Waals surface area contributed by atoms with Crippen LogP contribution in [0.5, 0.6) is 0 Å². The van der Waals surface area contributed by atoms with Crippen LogP contribution in [0.15, 0.2) is 41.8 Å². The Morgan fingerprint density at radius 1 is 1.24 bits per heavy atom. The lowest BCUT2D eigenvalue weighted by molar-refractivity contribution is 0.0686. The molecule has 1 saturated heterocycles. The second kappa shape index (κ2) is 7.30. The van der Waals surface area contributed by atoms with Crippen molar-refractivity contribution in [3.05, 3.63) is 57.8 Å². The highest BCUT2D eigenvalue weighted by atomic mass is 32.2. The molecule has 0 spiro atoms. The van der Waals surface area contributed by atoms with Gasteiger partial charge in [-0.2, -0.15) is 0 Å². The molecule has 6 heteroatoms. The lowest BCUT2D eigenvalue weighted by Crippen LogP contribution is -2.40. The first-order valence-electron chi connectivity index (χ1n) is 8.49. The van der Waals surface area contributed by atoms with E-state index in [1.807, 2.05) is 23.6 Å². The fraction of sp³-hybridized carbons (Fsp3) is 0.421. The van der Waals surface area contributed by atoms with Gasteiger partial charge in [0, 0.05) is 12.6 Å². The van der Waals surface area contributed by atoms with Crippen LogP contribution in [0.25, 0.3) is 0 Å². The largest absolute Gasteiger partial charge is 0.330 e. The Hall–Kier alpha value is -1.66. The summed E-state index contributed by atoms with van der Waals surface area (Å²) in [7, 11) is -3.04. The maximum Gasteiger partial charge on any atom is 0.264 e. The molecule has 134 valence electrons. The van der Waals surface area contributed by atoms with Crippen molar-refractivity contribution in [1.82, 2.24) is 4.90 Å². The molecule has 4 nitrogen and oxygen atoms in total. The van der Waals surface area contributed by atoms with Crippen LogP contribution in [-0.4, -0.2) is 36.8 Å². The van der Waals surface area contributed by atoms with Crippen LogP contribution in [0.1, 0.15) is 47.0 Å². The summed E-state index contributed by atoms with van der Waals surface area (Å²) in [5.74, 6) is 0.606. The van der Waals surface area contributed by atoms with E-state index in [-0.39, 0.29) is 23.5 Å². The Morgan fingerprint density at radius 3 is 2.48 bits per heavy atom. The zero-order valence-electron chi connectivity index (χ0n) is 14.5. The normalized spacial score (nSPS) is 19.2. The molecule has 1 aromatic carbocycles. The van der Waals surface area contributed by atoms with Crippen LogP contribution in [0.2, 0.25) is 0 Å². The van der Waals surface area contributed by atoms with Gasteiger partial charge in [0.15, 0.2) is 9.84 Å². The predicted octanol–water partition coefficient (Wildman–Crippen LogP) is 3.70. The minimum Gasteiger partial charge on any atom is -0.330 e. The first-order valence-corrected chi connectivity index (χ1v) is 11.2. The Morgan fingerprint density at radius 2 is 1.96 bits per heavy atom. The summed E-state index contributed by atoms with van der Waals surface area (Å²) in [6.07, 6.45) is 0.517. The fourth-order valence-corrected chi connectivity index (χ4v) is 5.54. The molecule has 0 unspecified atom stereocenters. The van der Waals surface area contributed by atoms with Gasteiger partial charge in [-0.25, -0.2) is 8.42 Å². The number of nitrogens with zero attached hydrogens (tertiary/aromatic N) is 1. The van der Waals surface area contributed by atoms with Crippen molar-refractivity contribution in [2.45, 2.75) is 38.8 Å². The van der Waals surface area contributed by atoms with Crippen molar-refractivity contribution in [1.29, 1.82) is 0 Å². The number of hydrogen-bond donors (Lipinski definition) is 0. The van der Waals surface area contributed by atoms with Crippen LogP contribution >= 0.6 is 11.3 Å². The third-order valence-electron chi connectivity index (χ3n) is 4.64. The Labute approximate surface area is 153 Å². The van der Waals surface area contributed by atoms with E-state index < -0.39 is 9.84 Å². The summed E-state index contributed by atoms with van der Waals surface area (Å²) in [6.45, 7) is 4.73. The number of rotatable bonds is 5. The van der Waals surface area contributed by atoms with Gasteiger partial charge in [0.05, 0.1) is 16.4 Å². The van der Waals surface area contributed by atoms with Gasteiger partial charge in [-0.1, -0.05) is 44.2 Å². The minimum absolute atomic E-state index is 0.0637. The van der Waals surface area contributed by atoms with E-state index in [1.54, 1.807) is 11.0 Å². The predicted molar refractivity (Wildman–Crippen MR) is 102 cm³/mol. The molecule has 0 saturated carbocycles. The zero-order valence-corrected chi connectivity index (χ0v) is 16.1. The Balaban J connectivity index is 1.84. The third kappa shape index (κ3) is 4.30. The molecular formula is C19H23NO3S2. The highest BCUT2D eigenvalue weighted by molar-refractivity contribution is 7.91. The summed E-state index contributed by atoms with van der Waals surface area (Å²) < 4.78 is 23.8. The van der Waals surface area contributed by atoms with Crippen LogP contribution in [-0.2, 0) is 16.4 Å². The van der Waals surface area contributed by atoms with Crippen LogP contribution in [0.4, 0.5) is 0 Å². The second-order valence-corrected chi connectivity index (χ2v) is 10.0. The minimum atomic E-state index is -3.04. The smallest absolute Gasteiger partial charge is 0.264 e. The molecule has 0 aliphatic carbocycles. The number of hydrogen-bond acceptors (Lipinski definition) is 4. The molecular weight excluding hydrogens is 354 g/mol. The maximum atomic E-state index is 12.9. The van der Waals surface area contributed by atoms with Gasteiger partial charge in [0.25, 0.3) is 5.91 Å². The van der Waals surface area contributed by atoms with Crippen molar-refractivity contribution >= 4 is 27.1 Å². The first kappa shape index (κ1) is 18.1. The van der Waals surface area contributed by atoms with Crippen molar-refractivity contribution in [3.8, 4) is 0 Å². The van der Waals surface area contributed by atoms with Crippen LogP contribution in [0, 0.1) is 0 Å². The number of amides is 1. The topological polar surface area (TPSA) is 54.5 Å². The summed E-state index contributed by atoms with van der Waals surface area (Å²) >= 11 is 1.39. The van der Waals surface area contributed by atoms with E-state index in [2.05, 4.69) is 26.0 Å². The summed E-state index contributed by atoms with van der Waals surface area (Å²) in [4.78, 5) is 15.3. The molecule has 3 rings (SSSR count). The molecule has 0 N–H and O–H groups in total. The molecule has 0 radical (unpaired) electrons. The Bertz CT molecular complexity index is 824. The molecule has 2 heterocycles. The van der Waals surface area contributed by atoms with Gasteiger partial charge >= 0.3 is 0 Å². The standard InChI is InChI=1S/C19H23NO3S2/c1-14(2)16-7-5-15(6-8-16)12-20(17-9-11-25(22,23)13-17)19(21)18-4-3-10-24-18/h3-8,10,14,17H,9,11-13H2,1-2H3/t17-/m0/s1. The number of thiophene rings is 1. The molecule has 1 amide bonds. The SMILES string of the molecule is CC(C)c1ccc(CN(C(=O)c2cccs2)[C@H]2CCS(=O)(=O)C2)cc1. The fourth-order valence-electron chi connectivity index (χ4n) is 3.13. The van der Waals surface area contributed by atoms with Crippen LogP contribution in [0.3, 0.4) is 0 Å². The summed E-state index contributed by atoms with van der Waals surface area (Å²) in [5.41, 5.74) is 2.28. The molecule has 1 aliphatic rings. The van der Waals surface area contributed by atoms with E-state index in [9.17, 15) is 13.2 Å². The van der Waals surface area contributed by atoms with Gasteiger partial charge in [-0.05, 0) is 34.9 Å². The van der Waals surface area contributed by atoms with Crippen LogP contribution < -0.4 is 0 Å². The van der Waals surface area contributed by atoms with E-state index in [0.29, 0.717) is 23.8 Å². The first-order chi connectivity index (χ1) is 11.9. The van der Waals surface area contributed by atoms with Crippen molar-refractivity contribution in [3.63, 3.8) is 0 Å². The Kier molecular flexibility index (Phi) is 5.29.